The maximum Gasteiger partial charge on any atom is 0.0655 e. The lowest BCUT2D eigenvalue weighted by molar-refractivity contribution is 0.423. The van der Waals surface area contributed by atoms with Crippen molar-refractivity contribution in [3.63, 3.8) is 0 Å². The molecule has 0 aliphatic carbocycles. The summed E-state index contributed by atoms with van der Waals surface area (Å²) in [6, 6.07) is 6.97. The maximum atomic E-state index is 3.64. The molecule has 0 bridgehead atoms. The number of halogens is 2. The first kappa shape index (κ1) is 13.4. The molecule has 17 heavy (non-hydrogen) atoms. The van der Waals surface area contributed by atoms with E-state index in [0.29, 0.717) is 6.04 Å². The highest BCUT2D eigenvalue weighted by Crippen LogP contribution is 2.35. The van der Waals surface area contributed by atoms with E-state index in [1.54, 1.807) is 0 Å². The average molecular weight is 362 g/mol. The van der Waals surface area contributed by atoms with Gasteiger partial charge in [0.15, 0.2) is 0 Å². The van der Waals surface area contributed by atoms with Crippen LogP contribution in [0.4, 0.5) is 5.69 Å². The fourth-order valence-electron chi connectivity index (χ4n) is 2.39. The van der Waals surface area contributed by atoms with E-state index in [0.717, 1.165) is 19.6 Å². The van der Waals surface area contributed by atoms with E-state index in [1.165, 1.54) is 27.5 Å². The van der Waals surface area contributed by atoms with Crippen LogP contribution < -0.4 is 10.2 Å². The number of hydrogen-bond acceptors (Lipinski definition) is 2. The molecular weight excluding hydrogens is 344 g/mol. The molecule has 4 heteroatoms. The number of hydrogen-bond donors (Lipinski definition) is 1. The highest BCUT2D eigenvalue weighted by Gasteiger charge is 2.21. The highest BCUT2D eigenvalue weighted by atomic mass is 79.9. The zero-order valence-corrected chi connectivity index (χ0v) is 13.2. The molecule has 2 nitrogen and oxygen atoms in total. The summed E-state index contributed by atoms with van der Waals surface area (Å²) in [7, 11) is 0. The molecule has 0 radical (unpaired) electrons. The van der Waals surface area contributed by atoms with Gasteiger partial charge in [0.05, 0.1) is 5.69 Å². The van der Waals surface area contributed by atoms with E-state index in [2.05, 4.69) is 67.2 Å². The smallest absolute Gasteiger partial charge is 0.0655 e. The second-order valence-electron chi connectivity index (χ2n) is 4.39. The molecule has 1 heterocycles. The van der Waals surface area contributed by atoms with Gasteiger partial charge < -0.3 is 10.2 Å². The average Bonchev–Trinajstić information content (AvgIpc) is 2.31. The summed E-state index contributed by atoms with van der Waals surface area (Å²) in [6.07, 6.45) is 2.45. The fraction of sp³-hybridized carbons (Fsp3) is 0.538. The van der Waals surface area contributed by atoms with Crippen LogP contribution in [0.1, 0.15) is 19.8 Å². The summed E-state index contributed by atoms with van der Waals surface area (Å²) < 4.78 is 2.35. The van der Waals surface area contributed by atoms with Gasteiger partial charge in [-0.3, -0.25) is 0 Å². The predicted molar refractivity (Wildman–Crippen MR) is 80.8 cm³/mol. The summed E-state index contributed by atoms with van der Waals surface area (Å²) >= 11 is 7.28. The fourth-order valence-corrected chi connectivity index (χ4v) is 3.89. The Kier molecular flexibility index (Phi) is 4.88. The molecule has 0 unspecified atom stereocenters. The molecule has 1 N–H and O–H groups in total. The summed E-state index contributed by atoms with van der Waals surface area (Å²) in [4.78, 5) is 2.46. The van der Waals surface area contributed by atoms with E-state index in [9.17, 15) is 0 Å². The van der Waals surface area contributed by atoms with E-state index in [4.69, 9.17) is 0 Å². The Morgan fingerprint density at radius 1 is 1.24 bits per heavy atom. The van der Waals surface area contributed by atoms with Gasteiger partial charge in [-0.25, -0.2) is 0 Å². The van der Waals surface area contributed by atoms with Crippen LogP contribution in [0.25, 0.3) is 0 Å². The monoisotopic (exact) mass is 360 g/mol. The van der Waals surface area contributed by atoms with E-state index in [1.807, 2.05) is 0 Å². The molecule has 1 aromatic rings. The molecule has 1 aliphatic rings. The van der Waals surface area contributed by atoms with Crippen LogP contribution in [-0.2, 0) is 0 Å². The van der Waals surface area contributed by atoms with Gasteiger partial charge in [-0.15, -0.1) is 0 Å². The van der Waals surface area contributed by atoms with Crippen molar-refractivity contribution in [2.45, 2.75) is 25.8 Å². The second kappa shape index (κ2) is 6.21. The number of nitrogens with zero attached hydrogens (tertiary/aromatic N) is 1. The molecule has 0 amide bonds. The summed E-state index contributed by atoms with van der Waals surface area (Å²) in [5, 5.41) is 3.54. The van der Waals surface area contributed by atoms with Crippen molar-refractivity contribution in [1.82, 2.24) is 5.32 Å². The lowest BCUT2D eigenvalue weighted by atomic mass is 10.0. The molecule has 0 aromatic heterocycles. The Balaban J connectivity index is 2.05. The zero-order chi connectivity index (χ0) is 12.3. The molecule has 94 valence electrons. The first-order chi connectivity index (χ1) is 8.22. The highest BCUT2D eigenvalue weighted by molar-refractivity contribution is 9.11. The third-order valence-corrected chi connectivity index (χ3v) is 4.52. The minimum atomic E-state index is 0.692. The molecule has 0 saturated carbocycles. The summed E-state index contributed by atoms with van der Waals surface area (Å²) in [5.74, 6) is 0. The number of anilines is 1. The van der Waals surface area contributed by atoms with Crippen molar-refractivity contribution in [1.29, 1.82) is 0 Å². The minimum Gasteiger partial charge on any atom is -0.370 e. The Morgan fingerprint density at radius 2 is 1.82 bits per heavy atom. The van der Waals surface area contributed by atoms with Gasteiger partial charge in [-0.05, 0) is 63.4 Å². The van der Waals surface area contributed by atoms with Crippen LogP contribution >= 0.6 is 31.9 Å². The number of benzene rings is 1. The Hall–Kier alpha value is -0.0600. The van der Waals surface area contributed by atoms with Crippen molar-refractivity contribution < 1.29 is 0 Å². The normalized spacial score (nSPS) is 17.5. The third-order valence-electron chi connectivity index (χ3n) is 3.24. The number of rotatable bonds is 3. The number of piperidine rings is 1. The van der Waals surface area contributed by atoms with E-state index < -0.39 is 0 Å². The number of para-hydroxylation sites is 1. The quantitative estimate of drug-likeness (QED) is 0.881. The van der Waals surface area contributed by atoms with Gasteiger partial charge >= 0.3 is 0 Å². The van der Waals surface area contributed by atoms with Crippen molar-refractivity contribution in [3.8, 4) is 0 Å². The second-order valence-corrected chi connectivity index (χ2v) is 6.10. The molecule has 2 rings (SSSR count). The lowest BCUT2D eigenvalue weighted by Gasteiger charge is -2.35. The van der Waals surface area contributed by atoms with E-state index >= 15 is 0 Å². The van der Waals surface area contributed by atoms with Gasteiger partial charge in [-0.2, -0.15) is 0 Å². The van der Waals surface area contributed by atoms with Crippen LogP contribution in [0.3, 0.4) is 0 Å². The molecule has 1 fully saturated rings. The van der Waals surface area contributed by atoms with Crippen LogP contribution in [0.2, 0.25) is 0 Å². The molecule has 1 saturated heterocycles. The first-order valence-electron chi connectivity index (χ1n) is 6.14. The van der Waals surface area contributed by atoms with Crippen LogP contribution in [0, 0.1) is 0 Å². The minimum absolute atomic E-state index is 0.692. The predicted octanol–water partition coefficient (Wildman–Crippen LogP) is 3.79. The molecule has 1 aliphatic heterocycles. The Morgan fingerprint density at radius 3 is 2.35 bits per heavy atom. The summed E-state index contributed by atoms with van der Waals surface area (Å²) in [6.45, 7) is 5.50. The molecular formula is C13H18Br2N2. The van der Waals surface area contributed by atoms with Gasteiger partial charge in [-0.1, -0.05) is 13.0 Å². The SMILES string of the molecule is CCNC1CCN(c2c(Br)cccc2Br)CC1. The zero-order valence-electron chi connectivity index (χ0n) is 10.0. The van der Waals surface area contributed by atoms with Gasteiger partial charge in [0, 0.05) is 28.1 Å². The van der Waals surface area contributed by atoms with Crippen LogP contribution in [0.15, 0.2) is 27.1 Å². The van der Waals surface area contributed by atoms with Gasteiger partial charge in [0.1, 0.15) is 0 Å². The number of nitrogens with one attached hydrogen (secondary N) is 1. The van der Waals surface area contributed by atoms with Crippen LogP contribution in [-0.4, -0.2) is 25.7 Å². The van der Waals surface area contributed by atoms with Gasteiger partial charge in [0.25, 0.3) is 0 Å². The van der Waals surface area contributed by atoms with Crippen molar-refractivity contribution in [2.75, 3.05) is 24.5 Å². The van der Waals surface area contributed by atoms with Crippen molar-refractivity contribution >= 4 is 37.5 Å². The summed E-state index contributed by atoms with van der Waals surface area (Å²) in [5.41, 5.74) is 1.29. The van der Waals surface area contributed by atoms with Gasteiger partial charge in [0.2, 0.25) is 0 Å². The Bertz CT molecular complexity index is 353. The third kappa shape index (κ3) is 3.24. The lowest BCUT2D eigenvalue weighted by Crippen LogP contribution is -2.42. The van der Waals surface area contributed by atoms with E-state index in [-0.39, 0.29) is 0 Å². The largest absolute Gasteiger partial charge is 0.370 e. The van der Waals surface area contributed by atoms with Crippen molar-refractivity contribution in [3.05, 3.63) is 27.1 Å². The molecule has 1 aromatic carbocycles. The first-order valence-corrected chi connectivity index (χ1v) is 7.73. The van der Waals surface area contributed by atoms with Crippen molar-refractivity contribution in [2.24, 2.45) is 0 Å². The molecule has 0 atom stereocenters. The standard InChI is InChI=1S/C13H18Br2N2/c1-2-16-10-6-8-17(9-7-10)13-11(14)4-3-5-12(13)15/h3-5,10,16H,2,6-9H2,1H3. The maximum absolute atomic E-state index is 3.64. The topological polar surface area (TPSA) is 15.3 Å². The van der Waals surface area contributed by atoms with Crippen LogP contribution in [0.5, 0.6) is 0 Å². The Labute approximate surface area is 120 Å². The molecule has 0 spiro atoms.